The molecule has 0 saturated heterocycles. The third kappa shape index (κ3) is 4.53. The van der Waals surface area contributed by atoms with E-state index in [0.717, 1.165) is 0 Å². The van der Waals surface area contributed by atoms with Gasteiger partial charge >= 0.3 is 0 Å². The maximum absolute atomic E-state index is 5.59. The molecule has 1 aromatic carbocycles. The second-order valence-electron chi connectivity index (χ2n) is 3.94. The molecule has 0 unspecified atom stereocenters. The Hall–Kier alpha value is -1.02. The number of hydrogen-bond acceptors (Lipinski definition) is 1. The summed E-state index contributed by atoms with van der Waals surface area (Å²) >= 11 is 0. The van der Waals surface area contributed by atoms with Crippen molar-refractivity contribution in [2.75, 3.05) is 0 Å². The van der Waals surface area contributed by atoms with E-state index in [1.54, 1.807) is 0 Å². The van der Waals surface area contributed by atoms with E-state index >= 15 is 0 Å². The second-order valence-corrected chi connectivity index (χ2v) is 8.40. The Morgan fingerprint density at radius 3 is 2.23 bits per heavy atom. The average molecular weight is 192 g/mol. The minimum absolute atomic E-state index is 1.18. The molecule has 70 valence electrons. The minimum Gasteiger partial charge on any atom is -0.550 e. The van der Waals surface area contributed by atoms with E-state index in [0.29, 0.717) is 0 Å². The second kappa shape index (κ2) is 4.28. The third-order valence-electron chi connectivity index (χ3n) is 1.48. The molecule has 0 radical (unpaired) electrons. The van der Waals surface area contributed by atoms with Crippen LogP contribution in [-0.2, 0) is 4.43 Å². The van der Waals surface area contributed by atoms with E-state index in [1.807, 2.05) is 30.5 Å². The van der Waals surface area contributed by atoms with E-state index in [9.17, 15) is 0 Å². The fraction of sp³-hybridized carbons (Fsp3) is 0.273. The quantitative estimate of drug-likeness (QED) is 0.526. The predicted octanol–water partition coefficient (Wildman–Crippen LogP) is 3.51. The first-order chi connectivity index (χ1) is 6.08. The van der Waals surface area contributed by atoms with Gasteiger partial charge in [0.25, 0.3) is 0 Å². The highest BCUT2D eigenvalue weighted by atomic mass is 28.4. The van der Waals surface area contributed by atoms with Gasteiger partial charge in [-0.3, -0.25) is 0 Å². The maximum Gasteiger partial charge on any atom is 0.241 e. The van der Waals surface area contributed by atoms with Crippen LogP contribution < -0.4 is 0 Å². The zero-order valence-corrected chi connectivity index (χ0v) is 9.45. The van der Waals surface area contributed by atoms with Crippen molar-refractivity contribution in [1.82, 2.24) is 0 Å². The topological polar surface area (TPSA) is 9.23 Å². The van der Waals surface area contributed by atoms with Crippen molar-refractivity contribution in [3.8, 4) is 0 Å². The third-order valence-corrected chi connectivity index (χ3v) is 2.32. The molecule has 1 aromatic rings. The SMILES string of the molecule is C[Si](C)(C)O/C=C\c1ccccc1. The Kier molecular flexibility index (Phi) is 3.31. The summed E-state index contributed by atoms with van der Waals surface area (Å²) in [6.45, 7) is 6.51. The van der Waals surface area contributed by atoms with Crippen molar-refractivity contribution in [3.05, 3.63) is 42.2 Å². The van der Waals surface area contributed by atoms with Gasteiger partial charge in [0.05, 0.1) is 6.26 Å². The lowest BCUT2D eigenvalue weighted by atomic mass is 10.2. The summed E-state index contributed by atoms with van der Waals surface area (Å²) in [5.74, 6) is 0. The molecule has 0 aromatic heterocycles. The molecule has 0 saturated carbocycles. The smallest absolute Gasteiger partial charge is 0.241 e. The molecular formula is C11H16OSi. The van der Waals surface area contributed by atoms with Crippen molar-refractivity contribution in [2.24, 2.45) is 0 Å². The first-order valence-corrected chi connectivity index (χ1v) is 7.88. The van der Waals surface area contributed by atoms with Gasteiger partial charge in [0, 0.05) is 0 Å². The van der Waals surface area contributed by atoms with Crippen molar-refractivity contribution in [3.63, 3.8) is 0 Å². The lowest BCUT2D eigenvalue weighted by Crippen LogP contribution is -2.21. The largest absolute Gasteiger partial charge is 0.550 e. The standard InChI is InChI=1S/C11H16OSi/c1-13(2,3)12-10-9-11-7-5-4-6-8-11/h4-10H,1-3H3/b10-9-. The van der Waals surface area contributed by atoms with Crippen LogP contribution in [-0.4, -0.2) is 8.32 Å². The summed E-state index contributed by atoms with van der Waals surface area (Å²) < 4.78 is 5.59. The highest BCUT2D eigenvalue weighted by Crippen LogP contribution is 2.06. The molecule has 0 aliphatic rings. The van der Waals surface area contributed by atoms with Gasteiger partial charge in [-0.15, -0.1) is 0 Å². The van der Waals surface area contributed by atoms with Crippen molar-refractivity contribution >= 4 is 14.4 Å². The Morgan fingerprint density at radius 1 is 1.08 bits per heavy atom. The fourth-order valence-electron chi connectivity index (χ4n) is 0.881. The molecule has 0 amide bonds. The summed E-state index contributed by atoms with van der Waals surface area (Å²) in [6, 6.07) is 10.2. The summed E-state index contributed by atoms with van der Waals surface area (Å²) in [6.07, 6.45) is 3.81. The van der Waals surface area contributed by atoms with Crippen LogP contribution in [0.15, 0.2) is 36.6 Å². The maximum atomic E-state index is 5.59. The van der Waals surface area contributed by atoms with Crippen LogP contribution in [0.4, 0.5) is 0 Å². The first kappa shape index (κ1) is 10.1. The Bertz CT molecular complexity index is 272. The summed E-state index contributed by atoms with van der Waals surface area (Å²) in [5.41, 5.74) is 1.18. The van der Waals surface area contributed by atoms with Gasteiger partial charge in [-0.05, 0) is 31.3 Å². The number of hydrogen-bond donors (Lipinski definition) is 0. The van der Waals surface area contributed by atoms with Crippen LogP contribution in [0.5, 0.6) is 0 Å². The van der Waals surface area contributed by atoms with Gasteiger partial charge in [0.2, 0.25) is 8.32 Å². The molecule has 0 heterocycles. The summed E-state index contributed by atoms with van der Waals surface area (Å²) in [5, 5.41) is 0. The number of benzene rings is 1. The van der Waals surface area contributed by atoms with E-state index in [4.69, 9.17) is 4.43 Å². The van der Waals surface area contributed by atoms with E-state index in [-0.39, 0.29) is 0 Å². The Balaban J connectivity index is 2.51. The van der Waals surface area contributed by atoms with Crippen molar-refractivity contribution in [2.45, 2.75) is 19.6 Å². The van der Waals surface area contributed by atoms with E-state index in [1.165, 1.54) is 5.56 Å². The molecule has 1 rings (SSSR count). The van der Waals surface area contributed by atoms with Gasteiger partial charge in [-0.2, -0.15) is 0 Å². The highest BCUT2D eigenvalue weighted by molar-refractivity contribution is 6.69. The van der Waals surface area contributed by atoms with Gasteiger partial charge < -0.3 is 4.43 Å². The molecule has 0 atom stereocenters. The molecule has 0 fully saturated rings. The van der Waals surface area contributed by atoms with Crippen LogP contribution in [0.3, 0.4) is 0 Å². The van der Waals surface area contributed by atoms with Gasteiger partial charge in [-0.25, -0.2) is 0 Å². The average Bonchev–Trinajstić information content (AvgIpc) is 2.04. The molecule has 0 bridgehead atoms. The normalized spacial score (nSPS) is 11.9. The monoisotopic (exact) mass is 192 g/mol. The molecule has 2 heteroatoms. The fourth-order valence-corrected chi connectivity index (χ4v) is 1.36. The zero-order valence-electron chi connectivity index (χ0n) is 8.45. The van der Waals surface area contributed by atoms with Gasteiger partial charge in [-0.1, -0.05) is 30.3 Å². The lowest BCUT2D eigenvalue weighted by molar-refractivity contribution is 0.483. The molecular weight excluding hydrogens is 176 g/mol. The van der Waals surface area contributed by atoms with E-state index in [2.05, 4.69) is 31.8 Å². The molecule has 0 spiro atoms. The van der Waals surface area contributed by atoms with Gasteiger partial charge in [0.15, 0.2) is 0 Å². The van der Waals surface area contributed by atoms with Crippen molar-refractivity contribution < 1.29 is 4.43 Å². The molecule has 13 heavy (non-hydrogen) atoms. The highest BCUT2D eigenvalue weighted by Gasteiger charge is 2.12. The van der Waals surface area contributed by atoms with Crippen molar-refractivity contribution in [1.29, 1.82) is 0 Å². The summed E-state index contributed by atoms with van der Waals surface area (Å²) in [4.78, 5) is 0. The Morgan fingerprint density at radius 2 is 1.69 bits per heavy atom. The van der Waals surface area contributed by atoms with Gasteiger partial charge in [0.1, 0.15) is 0 Å². The Labute approximate surface area is 81.2 Å². The van der Waals surface area contributed by atoms with E-state index < -0.39 is 8.32 Å². The first-order valence-electron chi connectivity index (χ1n) is 4.47. The zero-order chi connectivity index (χ0) is 9.73. The van der Waals surface area contributed by atoms with Crippen LogP contribution in [0.2, 0.25) is 19.6 Å². The molecule has 1 nitrogen and oxygen atoms in total. The van der Waals surface area contributed by atoms with Crippen LogP contribution in [0, 0.1) is 0 Å². The lowest BCUT2D eigenvalue weighted by Gasteiger charge is -2.14. The van der Waals surface area contributed by atoms with Crippen LogP contribution in [0.25, 0.3) is 6.08 Å². The number of rotatable bonds is 3. The summed E-state index contributed by atoms with van der Waals surface area (Å²) in [7, 11) is -1.40. The van der Waals surface area contributed by atoms with Crippen LogP contribution >= 0.6 is 0 Å². The molecule has 0 N–H and O–H groups in total. The van der Waals surface area contributed by atoms with Crippen LogP contribution in [0.1, 0.15) is 5.56 Å². The minimum atomic E-state index is -1.40. The predicted molar refractivity (Wildman–Crippen MR) is 59.9 cm³/mol. The molecule has 0 aliphatic carbocycles. The molecule has 0 aliphatic heterocycles.